The Balaban J connectivity index is 1.58. The van der Waals surface area contributed by atoms with Crippen LogP contribution in [0.4, 0.5) is 0 Å². The molecular weight excluding hydrogens is 322 g/mol. The molecule has 1 aliphatic heterocycles. The van der Waals surface area contributed by atoms with Crippen LogP contribution in [0.15, 0.2) is 41.8 Å². The molecule has 1 atom stereocenters. The predicted molar refractivity (Wildman–Crippen MR) is 96.0 cm³/mol. The minimum atomic E-state index is -0.780. The number of carbonyl (C=O) groups is 1. The third-order valence-corrected chi connectivity index (χ3v) is 5.38. The van der Waals surface area contributed by atoms with E-state index in [1.165, 1.54) is 37.3 Å². The van der Waals surface area contributed by atoms with Crippen LogP contribution in [0, 0.1) is 0 Å². The summed E-state index contributed by atoms with van der Waals surface area (Å²) in [6, 6.07) is 11.6. The van der Waals surface area contributed by atoms with Crippen LogP contribution in [-0.2, 0) is 11.2 Å². The Kier molecular flexibility index (Phi) is 5.88. The number of hydrogen-bond donors (Lipinski definition) is 1. The number of aliphatic carboxylic acids is 1. The van der Waals surface area contributed by atoms with Crippen molar-refractivity contribution in [1.29, 1.82) is 0 Å². The summed E-state index contributed by atoms with van der Waals surface area (Å²) in [7, 11) is 0. The van der Waals surface area contributed by atoms with Gasteiger partial charge in [0.1, 0.15) is 12.4 Å². The Morgan fingerprint density at radius 1 is 1.25 bits per heavy atom. The van der Waals surface area contributed by atoms with E-state index in [0.717, 1.165) is 22.7 Å². The van der Waals surface area contributed by atoms with Gasteiger partial charge in [-0.25, -0.2) is 0 Å². The molecule has 1 N–H and O–H groups in total. The van der Waals surface area contributed by atoms with E-state index in [1.54, 1.807) is 0 Å². The molecule has 0 bridgehead atoms. The number of likely N-dealkylation sites (tertiary alicyclic amines) is 1. The lowest BCUT2D eigenvalue weighted by Gasteiger charge is -2.16. The van der Waals surface area contributed by atoms with Gasteiger partial charge in [0.15, 0.2) is 0 Å². The highest BCUT2D eigenvalue weighted by molar-refractivity contribution is 7.10. The Morgan fingerprint density at radius 3 is 2.79 bits per heavy atom. The Bertz CT molecular complexity index is 650. The van der Waals surface area contributed by atoms with Gasteiger partial charge < -0.3 is 9.84 Å². The first-order valence-electron chi connectivity index (χ1n) is 8.42. The molecule has 1 saturated heterocycles. The van der Waals surface area contributed by atoms with Gasteiger partial charge in [-0.15, -0.1) is 11.3 Å². The standard InChI is InChI=1S/C19H23NO3S/c21-19(22)17(18-7-4-12-24-18)14-15-5-3-6-16(13-15)23-11-10-20-8-1-2-9-20/h3-7,12-13,17H,1-2,8-11,14H2,(H,21,22). The number of nitrogens with zero attached hydrogens (tertiary/aromatic N) is 1. The van der Waals surface area contributed by atoms with Crippen LogP contribution in [-0.4, -0.2) is 42.2 Å². The Morgan fingerprint density at radius 2 is 2.08 bits per heavy atom. The van der Waals surface area contributed by atoms with Gasteiger partial charge in [-0.1, -0.05) is 18.2 Å². The number of hydrogen-bond acceptors (Lipinski definition) is 4. The molecule has 0 radical (unpaired) electrons. The molecule has 0 aliphatic carbocycles. The lowest BCUT2D eigenvalue weighted by atomic mass is 9.98. The van der Waals surface area contributed by atoms with Crippen molar-refractivity contribution in [2.75, 3.05) is 26.2 Å². The molecule has 5 heteroatoms. The first kappa shape index (κ1) is 17.0. The molecule has 0 saturated carbocycles. The van der Waals surface area contributed by atoms with Crippen molar-refractivity contribution in [2.45, 2.75) is 25.2 Å². The highest BCUT2D eigenvalue weighted by Crippen LogP contribution is 2.26. The summed E-state index contributed by atoms with van der Waals surface area (Å²) < 4.78 is 5.85. The van der Waals surface area contributed by atoms with Crippen molar-refractivity contribution < 1.29 is 14.6 Å². The lowest BCUT2D eigenvalue weighted by Crippen LogP contribution is -2.25. The summed E-state index contributed by atoms with van der Waals surface area (Å²) in [5.74, 6) is -0.454. The summed E-state index contributed by atoms with van der Waals surface area (Å²) in [5.41, 5.74) is 0.995. The zero-order chi connectivity index (χ0) is 16.8. The Labute approximate surface area is 146 Å². The molecule has 24 heavy (non-hydrogen) atoms. The number of ether oxygens (including phenoxy) is 1. The monoisotopic (exact) mass is 345 g/mol. The summed E-state index contributed by atoms with van der Waals surface area (Å²) in [6.07, 6.45) is 3.06. The quantitative estimate of drug-likeness (QED) is 0.794. The molecule has 3 rings (SSSR count). The van der Waals surface area contributed by atoms with Crippen molar-refractivity contribution in [3.63, 3.8) is 0 Å². The van der Waals surface area contributed by atoms with Gasteiger partial charge in [-0.2, -0.15) is 0 Å². The van der Waals surface area contributed by atoms with Crippen LogP contribution in [0.3, 0.4) is 0 Å². The second-order valence-electron chi connectivity index (χ2n) is 6.15. The van der Waals surface area contributed by atoms with Crippen LogP contribution in [0.5, 0.6) is 5.75 Å². The number of rotatable bonds is 8. The smallest absolute Gasteiger partial charge is 0.312 e. The highest BCUT2D eigenvalue weighted by atomic mass is 32.1. The summed E-state index contributed by atoms with van der Waals surface area (Å²) >= 11 is 1.49. The van der Waals surface area contributed by atoms with E-state index in [4.69, 9.17) is 4.74 Å². The maximum absolute atomic E-state index is 11.6. The van der Waals surface area contributed by atoms with E-state index in [9.17, 15) is 9.90 Å². The fourth-order valence-electron chi connectivity index (χ4n) is 3.10. The first-order chi connectivity index (χ1) is 11.7. The molecule has 1 unspecified atom stereocenters. The average molecular weight is 345 g/mol. The fourth-order valence-corrected chi connectivity index (χ4v) is 3.92. The first-order valence-corrected chi connectivity index (χ1v) is 9.30. The van der Waals surface area contributed by atoms with Crippen LogP contribution in [0.25, 0.3) is 0 Å². The average Bonchev–Trinajstić information content (AvgIpc) is 3.26. The van der Waals surface area contributed by atoms with Crippen LogP contribution < -0.4 is 4.74 Å². The summed E-state index contributed by atoms with van der Waals surface area (Å²) in [5, 5.41) is 11.4. The topological polar surface area (TPSA) is 49.8 Å². The van der Waals surface area contributed by atoms with Gasteiger partial charge in [0, 0.05) is 11.4 Å². The van der Waals surface area contributed by atoms with Gasteiger partial charge in [0.25, 0.3) is 0 Å². The van der Waals surface area contributed by atoms with Gasteiger partial charge in [-0.05, 0) is 61.5 Å². The maximum Gasteiger partial charge on any atom is 0.312 e. The molecule has 1 aromatic heterocycles. The predicted octanol–water partition coefficient (Wildman–Crippen LogP) is 3.63. The van der Waals surface area contributed by atoms with E-state index in [1.807, 2.05) is 41.8 Å². The highest BCUT2D eigenvalue weighted by Gasteiger charge is 2.21. The fraction of sp³-hybridized carbons (Fsp3) is 0.421. The van der Waals surface area contributed by atoms with Crippen LogP contribution in [0.2, 0.25) is 0 Å². The SMILES string of the molecule is O=C(O)C(Cc1cccc(OCCN2CCCC2)c1)c1cccs1. The lowest BCUT2D eigenvalue weighted by molar-refractivity contribution is -0.138. The third-order valence-electron chi connectivity index (χ3n) is 4.40. The van der Waals surface area contributed by atoms with Crippen molar-refractivity contribution >= 4 is 17.3 Å². The molecular formula is C19H23NO3S. The van der Waals surface area contributed by atoms with Crippen molar-refractivity contribution in [3.05, 3.63) is 52.2 Å². The minimum absolute atomic E-state index is 0.485. The molecule has 2 aromatic rings. The zero-order valence-corrected chi connectivity index (χ0v) is 14.5. The zero-order valence-electron chi connectivity index (χ0n) is 13.7. The Hall–Kier alpha value is -1.85. The van der Waals surface area contributed by atoms with E-state index in [0.29, 0.717) is 13.0 Å². The van der Waals surface area contributed by atoms with Crippen molar-refractivity contribution in [1.82, 2.24) is 4.90 Å². The number of carboxylic acid groups (broad SMARTS) is 1. The normalized spacial score (nSPS) is 16.2. The largest absolute Gasteiger partial charge is 0.492 e. The molecule has 1 aliphatic rings. The second kappa shape index (κ2) is 8.31. The van der Waals surface area contributed by atoms with Gasteiger partial charge in [-0.3, -0.25) is 9.69 Å². The van der Waals surface area contributed by atoms with Crippen molar-refractivity contribution in [2.24, 2.45) is 0 Å². The molecule has 1 aromatic carbocycles. The summed E-state index contributed by atoms with van der Waals surface area (Å²) in [4.78, 5) is 14.9. The molecule has 4 nitrogen and oxygen atoms in total. The summed E-state index contributed by atoms with van der Waals surface area (Å²) in [6.45, 7) is 3.98. The van der Waals surface area contributed by atoms with E-state index < -0.39 is 11.9 Å². The van der Waals surface area contributed by atoms with E-state index in [-0.39, 0.29) is 0 Å². The number of carboxylic acids is 1. The number of benzene rings is 1. The molecule has 0 spiro atoms. The van der Waals surface area contributed by atoms with Crippen molar-refractivity contribution in [3.8, 4) is 5.75 Å². The molecule has 0 amide bonds. The minimum Gasteiger partial charge on any atom is -0.492 e. The van der Waals surface area contributed by atoms with Gasteiger partial charge in [0.05, 0.1) is 5.92 Å². The third kappa shape index (κ3) is 4.58. The van der Waals surface area contributed by atoms with Crippen LogP contribution in [0.1, 0.15) is 29.2 Å². The maximum atomic E-state index is 11.6. The van der Waals surface area contributed by atoms with E-state index in [2.05, 4.69) is 4.90 Å². The second-order valence-corrected chi connectivity index (χ2v) is 7.13. The van der Waals surface area contributed by atoms with E-state index >= 15 is 0 Å². The number of thiophene rings is 1. The van der Waals surface area contributed by atoms with Gasteiger partial charge in [0.2, 0.25) is 0 Å². The molecule has 128 valence electrons. The molecule has 1 fully saturated rings. The molecule has 2 heterocycles. The van der Waals surface area contributed by atoms with Gasteiger partial charge >= 0.3 is 5.97 Å². The van der Waals surface area contributed by atoms with Crippen LogP contribution >= 0.6 is 11.3 Å².